The number of carbonyl (C=O) groups is 1. The first-order valence-electron chi connectivity index (χ1n) is 10.8. The Hall–Kier alpha value is -4.39. The van der Waals surface area contributed by atoms with Crippen molar-refractivity contribution in [3.63, 3.8) is 0 Å². The van der Waals surface area contributed by atoms with Gasteiger partial charge >= 0.3 is 17.2 Å². The minimum absolute atomic E-state index is 0.251. The summed E-state index contributed by atoms with van der Waals surface area (Å²) in [6.07, 6.45) is 0. The lowest BCUT2D eigenvalue weighted by Crippen LogP contribution is -2.15. The molecule has 0 unspecified atom stereocenters. The number of hydrogen-bond acceptors (Lipinski definition) is 7. The molecule has 170 valence electrons. The second-order valence-electron chi connectivity index (χ2n) is 7.78. The Balaban J connectivity index is 1.69. The van der Waals surface area contributed by atoms with Crippen LogP contribution in [0.5, 0.6) is 5.75 Å². The van der Waals surface area contributed by atoms with Crippen LogP contribution in [-0.2, 0) is 9.53 Å². The molecule has 0 atom stereocenters. The Morgan fingerprint density at radius 2 is 1.71 bits per heavy atom. The molecule has 0 bridgehead atoms. The Kier molecular flexibility index (Phi) is 5.37. The van der Waals surface area contributed by atoms with Crippen LogP contribution >= 0.6 is 0 Å². The van der Waals surface area contributed by atoms with Gasteiger partial charge in [0, 0.05) is 28.0 Å². The van der Waals surface area contributed by atoms with Gasteiger partial charge in [-0.05, 0) is 48.9 Å². The zero-order chi connectivity index (χ0) is 23.8. The second-order valence-corrected chi connectivity index (χ2v) is 7.78. The molecule has 5 aromatic rings. The largest absolute Gasteiger partial charge is 0.481 e. The number of benzene rings is 3. The number of aryl methyl sites for hydroxylation is 1. The van der Waals surface area contributed by atoms with Crippen LogP contribution in [0.25, 0.3) is 43.8 Å². The third kappa shape index (κ3) is 3.71. The molecule has 5 rings (SSSR count). The number of rotatable bonds is 5. The van der Waals surface area contributed by atoms with Gasteiger partial charge in [0.25, 0.3) is 0 Å². The summed E-state index contributed by atoms with van der Waals surface area (Å²) in [6, 6.07) is 17.8. The molecule has 0 fully saturated rings. The van der Waals surface area contributed by atoms with Crippen molar-refractivity contribution in [3.8, 4) is 16.9 Å². The van der Waals surface area contributed by atoms with Gasteiger partial charge in [-0.3, -0.25) is 0 Å². The van der Waals surface area contributed by atoms with Gasteiger partial charge in [0.1, 0.15) is 16.9 Å². The maximum atomic E-state index is 12.9. The summed E-state index contributed by atoms with van der Waals surface area (Å²) in [4.78, 5) is 37.1. The van der Waals surface area contributed by atoms with E-state index in [1.807, 2.05) is 30.3 Å². The molecule has 0 saturated carbocycles. The molecule has 0 saturated heterocycles. The lowest BCUT2D eigenvalue weighted by molar-refractivity contribution is -0.145. The summed E-state index contributed by atoms with van der Waals surface area (Å²) in [5.74, 6) is -0.129. The quantitative estimate of drug-likeness (QED) is 0.209. The molecule has 0 aliphatic heterocycles. The number of fused-ring (bicyclic) bond motifs is 4. The van der Waals surface area contributed by atoms with Gasteiger partial charge in [-0.25, -0.2) is 14.4 Å². The molecule has 34 heavy (non-hydrogen) atoms. The molecule has 0 radical (unpaired) electrons. The van der Waals surface area contributed by atoms with E-state index in [0.717, 1.165) is 16.2 Å². The highest BCUT2D eigenvalue weighted by Gasteiger charge is 2.18. The van der Waals surface area contributed by atoms with E-state index in [0.29, 0.717) is 27.8 Å². The van der Waals surface area contributed by atoms with Crippen LogP contribution in [0.1, 0.15) is 12.5 Å². The summed E-state index contributed by atoms with van der Waals surface area (Å²) >= 11 is 0. The van der Waals surface area contributed by atoms with E-state index < -0.39 is 17.2 Å². The first-order chi connectivity index (χ1) is 16.5. The Labute approximate surface area is 193 Å². The summed E-state index contributed by atoms with van der Waals surface area (Å²) in [5.41, 5.74) is 0.722. The highest BCUT2D eigenvalue weighted by Crippen LogP contribution is 2.34. The van der Waals surface area contributed by atoms with Crippen LogP contribution in [0.2, 0.25) is 0 Å². The summed E-state index contributed by atoms with van der Waals surface area (Å²) in [5, 5.41) is 3.25. The Morgan fingerprint density at radius 3 is 2.53 bits per heavy atom. The van der Waals surface area contributed by atoms with Gasteiger partial charge in [0.15, 0.2) is 6.61 Å². The number of hydrogen-bond donors (Lipinski definition) is 0. The van der Waals surface area contributed by atoms with Crippen molar-refractivity contribution in [2.24, 2.45) is 0 Å². The smallest absolute Gasteiger partial charge is 0.344 e. The monoisotopic (exact) mass is 456 g/mol. The van der Waals surface area contributed by atoms with Crippen LogP contribution in [0.15, 0.2) is 79.1 Å². The lowest BCUT2D eigenvalue weighted by atomic mass is 9.99. The van der Waals surface area contributed by atoms with Crippen molar-refractivity contribution < 1.29 is 23.1 Å². The molecule has 0 N–H and O–H groups in total. The zero-order valence-corrected chi connectivity index (χ0v) is 18.5. The summed E-state index contributed by atoms with van der Waals surface area (Å²) in [6.45, 7) is 3.40. The van der Waals surface area contributed by atoms with Crippen molar-refractivity contribution >= 4 is 38.7 Å². The molecule has 0 spiro atoms. The minimum Gasteiger partial charge on any atom is -0.481 e. The number of esters is 1. The van der Waals surface area contributed by atoms with E-state index in [-0.39, 0.29) is 24.4 Å². The normalized spacial score (nSPS) is 11.2. The SMILES string of the molecule is CCOC(=O)COc1ccc2c(-c3cc4c(ccc5ccccc54)oc3=O)cc(=O)oc2c1C. The fraction of sp³-hybridized carbons (Fsp3) is 0.148. The lowest BCUT2D eigenvalue weighted by Gasteiger charge is -2.12. The van der Waals surface area contributed by atoms with Crippen molar-refractivity contribution in [3.05, 3.63) is 87.1 Å². The maximum absolute atomic E-state index is 12.9. The van der Waals surface area contributed by atoms with Crippen LogP contribution < -0.4 is 16.0 Å². The van der Waals surface area contributed by atoms with Gasteiger partial charge < -0.3 is 18.3 Å². The third-order valence-electron chi connectivity index (χ3n) is 5.69. The van der Waals surface area contributed by atoms with E-state index in [4.69, 9.17) is 18.3 Å². The molecule has 2 aromatic heterocycles. The van der Waals surface area contributed by atoms with Crippen LogP contribution in [-0.4, -0.2) is 19.2 Å². The van der Waals surface area contributed by atoms with E-state index in [9.17, 15) is 14.4 Å². The minimum atomic E-state index is -0.620. The average Bonchev–Trinajstić information content (AvgIpc) is 2.83. The summed E-state index contributed by atoms with van der Waals surface area (Å²) in [7, 11) is 0. The summed E-state index contributed by atoms with van der Waals surface area (Å²) < 4.78 is 21.5. The number of ether oxygens (including phenoxy) is 2. The second kappa shape index (κ2) is 8.51. The van der Waals surface area contributed by atoms with Crippen molar-refractivity contribution in [2.45, 2.75) is 13.8 Å². The van der Waals surface area contributed by atoms with Gasteiger partial charge in [-0.2, -0.15) is 0 Å². The van der Waals surface area contributed by atoms with Crippen LogP contribution in [0.4, 0.5) is 0 Å². The molecule has 3 aromatic carbocycles. The fourth-order valence-electron chi connectivity index (χ4n) is 4.12. The maximum Gasteiger partial charge on any atom is 0.344 e. The highest BCUT2D eigenvalue weighted by atomic mass is 16.6. The van der Waals surface area contributed by atoms with Crippen molar-refractivity contribution in [2.75, 3.05) is 13.2 Å². The highest BCUT2D eigenvalue weighted by molar-refractivity contribution is 6.07. The molecular weight excluding hydrogens is 436 g/mol. The Bertz CT molecular complexity index is 1690. The van der Waals surface area contributed by atoms with E-state index in [1.165, 1.54) is 6.07 Å². The van der Waals surface area contributed by atoms with Crippen LogP contribution in [0, 0.1) is 6.92 Å². The molecule has 0 aliphatic rings. The third-order valence-corrected chi connectivity index (χ3v) is 5.69. The predicted octanol–water partition coefficient (Wildman–Crippen LogP) is 4.97. The molecule has 0 aliphatic carbocycles. The van der Waals surface area contributed by atoms with Gasteiger partial charge in [0.2, 0.25) is 0 Å². The van der Waals surface area contributed by atoms with Crippen molar-refractivity contribution in [1.29, 1.82) is 0 Å². The van der Waals surface area contributed by atoms with E-state index in [2.05, 4.69) is 0 Å². The van der Waals surface area contributed by atoms with Crippen LogP contribution in [0.3, 0.4) is 0 Å². The van der Waals surface area contributed by atoms with E-state index in [1.54, 1.807) is 38.1 Å². The topological polar surface area (TPSA) is 96.0 Å². The first kappa shape index (κ1) is 21.5. The average molecular weight is 456 g/mol. The zero-order valence-electron chi connectivity index (χ0n) is 18.5. The van der Waals surface area contributed by atoms with Crippen molar-refractivity contribution in [1.82, 2.24) is 0 Å². The fourth-order valence-corrected chi connectivity index (χ4v) is 4.12. The van der Waals surface area contributed by atoms with Gasteiger partial charge in [-0.15, -0.1) is 0 Å². The van der Waals surface area contributed by atoms with E-state index >= 15 is 0 Å². The molecule has 2 heterocycles. The standard InChI is InChI=1S/C27H20O7/c1-3-31-25(29)14-32-22-11-9-18-19(13-24(28)34-26(18)15(22)2)21-12-20-17-7-5-4-6-16(17)8-10-23(20)33-27(21)30/h4-13H,3,14H2,1-2H3. The first-order valence-corrected chi connectivity index (χ1v) is 10.8. The molecule has 0 amide bonds. The van der Waals surface area contributed by atoms with Gasteiger partial charge in [0.05, 0.1) is 12.2 Å². The molecule has 7 nitrogen and oxygen atoms in total. The number of carbonyl (C=O) groups excluding carboxylic acids is 1. The molecule has 7 heteroatoms. The van der Waals surface area contributed by atoms with Gasteiger partial charge in [-0.1, -0.05) is 30.3 Å². The predicted molar refractivity (Wildman–Crippen MR) is 128 cm³/mol. The Morgan fingerprint density at radius 1 is 0.882 bits per heavy atom. The molecular formula is C27H20O7.